The van der Waals surface area contributed by atoms with Gasteiger partial charge in [-0.3, -0.25) is 4.79 Å². The van der Waals surface area contributed by atoms with Crippen molar-refractivity contribution in [1.29, 1.82) is 0 Å². The van der Waals surface area contributed by atoms with Gasteiger partial charge in [-0.2, -0.15) is 10.1 Å². The van der Waals surface area contributed by atoms with Gasteiger partial charge in [0, 0.05) is 17.7 Å². The molecule has 0 saturated carbocycles. The van der Waals surface area contributed by atoms with Gasteiger partial charge >= 0.3 is 0 Å². The number of aryl methyl sites for hydroxylation is 1. The number of ketones is 1. The zero-order valence-corrected chi connectivity index (χ0v) is 18.5. The molecule has 1 aliphatic heterocycles. The van der Waals surface area contributed by atoms with Gasteiger partial charge < -0.3 is 14.8 Å². The summed E-state index contributed by atoms with van der Waals surface area (Å²) >= 11 is 0. The van der Waals surface area contributed by atoms with Crippen LogP contribution in [0.25, 0.3) is 0 Å². The standard InChI is InChI=1S/C25H26N4O3/c1-4-32-20-11-7-17(8-12-20)24-23-21(27-25-26-15(2)28-29(24)25)13-18(14-22(23)30)16-5-9-19(31-3)10-6-16/h5-12,18,24H,4,13-14H2,1-3H3,(H,26,27,28)/t18-,24+/m0/s1. The molecule has 0 spiro atoms. The molecule has 1 aromatic heterocycles. The van der Waals surface area contributed by atoms with Crippen LogP contribution in [-0.2, 0) is 4.79 Å². The molecule has 0 unspecified atom stereocenters. The molecule has 0 saturated heterocycles. The van der Waals surface area contributed by atoms with Crippen molar-refractivity contribution >= 4 is 11.7 Å². The van der Waals surface area contributed by atoms with Crippen LogP contribution in [-0.4, -0.2) is 34.3 Å². The molecule has 3 aromatic rings. The number of nitrogens with one attached hydrogen (secondary N) is 1. The number of rotatable bonds is 5. The fourth-order valence-electron chi connectivity index (χ4n) is 4.65. The van der Waals surface area contributed by atoms with Gasteiger partial charge in [0.05, 0.1) is 13.7 Å². The molecule has 1 N–H and O–H groups in total. The maximum absolute atomic E-state index is 13.5. The van der Waals surface area contributed by atoms with E-state index in [4.69, 9.17) is 9.47 Å². The average Bonchev–Trinajstić information content (AvgIpc) is 3.18. The van der Waals surface area contributed by atoms with E-state index in [1.54, 1.807) is 7.11 Å². The maximum Gasteiger partial charge on any atom is 0.226 e. The van der Waals surface area contributed by atoms with Crippen LogP contribution in [0.5, 0.6) is 11.5 Å². The molecule has 2 heterocycles. The third-order valence-electron chi connectivity index (χ3n) is 6.12. The first-order valence-corrected chi connectivity index (χ1v) is 10.9. The molecule has 2 atom stereocenters. The van der Waals surface area contributed by atoms with Crippen molar-refractivity contribution < 1.29 is 14.3 Å². The van der Waals surface area contributed by atoms with Gasteiger partial charge in [0.25, 0.3) is 0 Å². The molecule has 5 rings (SSSR count). The minimum absolute atomic E-state index is 0.108. The van der Waals surface area contributed by atoms with E-state index >= 15 is 0 Å². The summed E-state index contributed by atoms with van der Waals surface area (Å²) in [6.07, 6.45) is 1.20. The van der Waals surface area contributed by atoms with E-state index in [2.05, 4.69) is 15.4 Å². The molecular formula is C25H26N4O3. The first-order chi connectivity index (χ1) is 15.6. The van der Waals surface area contributed by atoms with Crippen molar-refractivity contribution in [1.82, 2.24) is 14.8 Å². The number of aromatic nitrogens is 3. The summed E-state index contributed by atoms with van der Waals surface area (Å²) in [6, 6.07) is 15.6. The van der Waals surface area contributed by atoms with Gasteiger partial charge in [-0.1, -0.05) is 24.3 Å². The number of hydrogen-bond donors (Lipinski definition) is 1. The summed E-state index contributed by atoms with van der Waals surface area (Å²) < 4.78 is 12.7. The first-order valence-electron chi connectivity index (χ1n) is 10.9. The summed E-state index contributed by atoms with van der Waals surface area (Å²) in [5.74, 6) is 3.20. The highest BCUT2D eigenvalue weighted by atomic mass is 16.5. The lowest BCUT2D eigenvalue weighted by Crippen LogP contribution is -2.33. The molecule has 2 aliphatic rings. The van der Waals surface area contributed by atoms with Crippen molar-refractivity contribution in [2.45, 2.75) is 38.6 Å². The largest absolute Gasteiger partial charge is 0.497 e. The van der Waals surface area contributed by atoms with Crippen LogP contribution in [0.1, 0.15) is 48.7 Å². The van der Waals surface area contributed by atoms with Crippen LogP contribution in [0.3, 0.4) is 0 Å². The fourth-order valence-corrected chi connectivity index (χ4v) is 4.65. The van der Waals surface area contributed by atoms with Gasteiger partial charge in [0.1, 0.15) is 23.4 Å². The topological polar surface area (TPSA) is 78.3 Å². The number of hydrogen-bond acceptors (Lipinski definition) is 6. The average molecular weight is 431 g/mol. The Labute approximate surface area is 187 Å². The van der Waals surface area contributed by atoms with Crippen LogP contribution in [0, 0.1) is 6.92 Å². The molecule has 7 heteroatoms. The summed E-state index contributed by atoms with van der Waals surface area (Å²) in [5, 5.41) is 8.00. The number of carbonyl (C=O) groups is 1. The van der Waals surface area contributed by atoms with E-state index in [9.17, 15) is 4.79 Å². The summed E-state index contributed by atoms with van der Waals surface area (Å²) in [7, 11) is 1.65. The second-order valence-electron chi connectivity index (χ2n) is 8.15. The number of benzene rings is 2. The molecule has 0 radical (unpaired) electrons. The van der Waals surface area contributed by atoms with E-state index in [0.717, 1.165) is 40.3 Å². The summed E-state index contributed by atoms with van der Waals surface area (Å²) in [5.41, 5.74) is 3.83. The molecular weight excluding hydrogens is 404 g/mol. The van der Waals surface area contributed by atoms with Gasteiger partial charge in [-0.25, -0.2) is 4.68 Å². The zero-order valence-electron chi connectivity index (χ0n) is 18.5. The number of methoxy groups -OCH3 is 1. The van der Waals surface area contributed by atoms with Crippen molar-refractivity contribution in [2.24, 2.45) is 0 Å². The van der Waals surface area contributed by atoms with Crippen molar-refractivity contribution in [3.63, 3.8) is 0 Å². The number of ether oxygens (including phenoxy) is 2. The molecule has 1 aliphatic carbocycles. The van der Waals surface area contributed by atoms with Crippen molar-refractivity contribution in [3.8, 4) is 11.5 Å². The zero-order chi connectivity index (χ0) is 22.2. The quantitative estimate of drug-likeness (QED) is 0.646. The van der Waals surface area contributed by atoms with Crippen LogP contribution in [0.4, 0.5) is 5.95 Å². The highest BCUT2D eigenvalue weighted by molar-refractivity contribution is 6.00. The van der Waals surface area contributed by atoms with Crippen LogP contribution >= 0.6 is 0 Å². The molecule has 164 valence electrons. The monoisotopic (exact) mass is 430 g/mol. The van der Waals surface area contributed by atoms with Crippen LogP contribution in [0.15, 0.2) is 59.8 Å². The molecule has 0 fully saturated rings. The van der Waals surface area contributed by atoms with Gasteiger partial charge in [-0.05, 0) is 61.6 Å². The minimum atomic E-state index is -0.303. The number of fused-ring (bicyclic) bond motifs is 1. The Bertz CT molecular complexity index is 1180. The Morgan fingerprint density at radius 2 is 1.72 bits per heavy atom. The Hall–Kier alpha value is -3.61. The van der Waals surface area contributed by atoms with E-state index in [-0.39, 0.29) is 17.7 Å². The highest BCUT2D eigenvalue weighted by Crippen LogP contribution is 2.44. The molecule has 7 nitrogen and oxygen atoms in total. The second kappa shape index (κ2) is 8.15. The third kappa shape index (κ3) is 3.53. The number of nitrogens with zero attached hydrogens (tertiary/aromatic N) is 3. The lowest BCUT2D eigenvalue weighted by Gasteiger charge is -2.35. The normalized spacial score (nSPS) is 19.8. The Morgan fingerprint density at radius 3 is 2.41 bits per heavy atom. The third-order valence-corrected chi connectivity index (χ3v) is 6.12. The summed E-state index contributed by atoms with van der Waals surface area (Å²) in [4.78, 5) is 18.1. The SMILES string of the molecule is CCOc1ccc([C@@H]2C3=C(C[C@H](c4ccc(OC)cc4)CC3=O)Nc3nc(C)nn32)cc1. The number of allylic oxidation sites excluding steroid dienone is 2. The predicted molar refractivity (Wildman–Crippen MR) is 121 cm³/mol. The van der Waals surface area contributed by atoms with Crippen LogP contribution in [0.2, 0.25) is 0 Å². The fraction of sp³-hybridized carbons (Fsp3) is 0.320. The van der Waals surface area contributed by atoms with Gasteiger partial charge in [-0.15, -0.1) is 0 Å². The molecule has 2 aromatic carbocycles. The lowest BCUT2D eigenvalue weighted by molar-refractivity contribution is -0.116. The highest BCUT2D eigenvalue weighted by Gasteiger charge is 2.39. The predicted octanol–water partition coefficient (Wildman–Crippen LogP) is 4.41. The van der Waals surface area contributed by atoms with Gasteiger partial charge in [0.2, 0.25) is 5.95 Å². The second-order valence-corrected chi connectivity index (χ2v) is 8.15. The van der Waals surface area contributed by atoms with E-state index in [1.165, 1.54) is 0 Å². The van der Waals surface area contributed by atoms with E-state index in [0.29, 0.717) is 24.8 Å². The van der Waals surface area contributed by atoms with E-state index < -0.39 is 0 Å². The first kappa shape index (κ1) is 20.3. The van der Waals surface area contributed by atoms with E-state index in [1.807, 2.05) is 67.1 Å². The van der Waals surface area contributed by atoms with Crippen LogP contribution < -0.4 is 14.8 Å². The molecule has 0 amide bonds. The lowest BCUT2D eigenvalue weighted by atomic mass is 9.78. The summed E-state index contributed by atoms with van der Waals surface area (Å²) in [6.45, 7) is 4.44. The Balaban J connectivity index is 1.54. The van der Waals surface area contributed by atoms with Crippen molar-refractivity contribution in [2.75, 3.05) is 19.0 Å². The molecule has 32 heavy (non-hydrogen) atoms. The van der Waals surface area contributed by atoms with Crippen molar-refractivity contribution in [3.05, 3.63) is 76.8 Å². The Morgan fingerprint density at radius 1 is 1.03 bits per heavy atom. The minimum Gasteiger partial charge on any atom is -0.497 e. The number of Topliss-reactive ketones (excluding diaryl/α,β-unsaturated/α-hetero) is 1. The van der Waals surface area contributed by atoms with Gasteiger partial charge in [0.15, 0.2) is 5.78 Å². The molecule has 0 bridgehead atoms. The smallest absolute Gasteiger partial charge is 0.226 e. The number of carbonyl (C=O) groups excluding carboxylic acids is 1. The maximum atomic E-state index is 13.5. The Kier molecular flexibility index (Phi) is 5.17. The number of anilines is 1.